The molecule has 2 nitrogen and oxygen atoms in total. The second-order valence-electron chi connectivity index (χ2n) is 5.55. The largest absolute Gasteiger partial charge is 0.310 e. The quantitative estimate of drug-likeness (QED) is 0.796. The second kappa shape index (κ2) is 5.28. The van der Waals surface area contributed by atoms with E-state index in [9.17, 15) is 0 Å². The van der Waals surface area contributed by atoms with Crippen LogP contribution in [0.1, 0.15) is 38.5 Å². The number of rotatable bonds is 2. The Morgan fingerprint density at radius 1 is 0.938 bits per heavy atom. The summed E-state index contributed by atoms with van der Waals surface area (Å²) in [6, 6.07) is 2.52. The van der Waals surface area contributed by atoms with Gasteiger partial charge in [0, 0.05) is 24.7 Å². The van der Waals surface area contributed by atoms with Crippen molar-refractivity contribution in [2.75, 3.05) is 24.6 Å². The Bertz CT molecular complexity index is 228. The van der Waals surface area contributed by atoms with Gasteiger partial charge in [-0.05, 0) is 50.2 Å². The normalized spacial score (nSPS) is 37.5. The number of nitrogens with one attached hydrogen (secondary N) is 1. The summed E-state index contributed by atoms with van der Waals surface area (Å²) in [6.45, 7) is 2.72. The Labute approximate surface area is 104 Å². The Balaban J connectivity index is 1.54. The molecule has 16 heavy (non-hydrogen) atoms. The van der Waals surface area contributed by atoms with Gasteiger partial charge in [-0.1, -0.05) is 6.42 Å². The second-order valence-corrected chi connectivity index (χ2v) is 6.77. The van der Waals surface area contributed by atoms with Gasteiger partial charge in [0.2, 0.25) is 0 Å². The lowest BCUT2D eigenvalue weighted by atomic mass is 9.97. The molecule has 0 saturated carbocycles. The molecular formula is C13H24N2S. The van der Waals surface area contributed by atoms with E-state index >= 15 is 0 Å². The van der Waals surface area contributed by atoms with E-state index in [2.05, 4.69) is 22.0 Å². The minimum absolute atomic E-state index is 0.813. The van der Waals surface area contributed by atoms with Crippen molar-refractivity contribution in [1.82, 2.24) is 10.2 Å². The summed E-state index contributed by atoms with van der Waals surface area (Å²) in [6.07, 6.45) is 8.53. The molecule has 1 N–H and O–H groups in total. The van der Waals surface area contributed by atoms with Crippen LogP contribution in [0.4, 0.5) is 0 Å². The number of thioether (sulfide) groups is 1. The van der Waals surface area contributed by atoms with Crippen molar-refractivity contribution in [3.8, 4) is 0 Å². The smallest absolute Gasteiger partial charge is 0.0249 e. The van der Waals surface area contributed by atoms with Gasteiger partial charge in [-0.15, -0.1) is 0 Å². The lowest BCUT2D eigenvalue weighted by molar-refractivity contribution is 0.175. The maximum atomic E-state index is 3.96. The van der Waals surface area contributed by atoms with E-state index in [0.29, 0.717) is 0 Å². The van der Waals surface area contributed by atoms with E-state index < -0.39 is 0 Å². The van der Waals surface area contributed by atoms with E-state index in [1.165, 1.54) is 63.1 Å². The Morgan fingerprint density at radius 3 is 2.69 bits per heavy atom. The van der Waals surface area contributed by atoms with Gasteiger partial charge in [0.1, 0.15) is 0 Å². The van der Waals surface area contributed by atoms with Crippen LogP contribution in [-0.2, 0) is 0 Å². The van der Waals surface area contributed by atoms with Gasteiger partial charge in [0.05, 0.1) is 0 Å². The molecule has 0 aromatic carbocycles. The third kappa shape index (κ3) is 2.41. The topological polar surface area (TPSA) is 15.3 Å². The summed E-state index contributed by atoms with van der Waals surface area (Å²) in [7, 11) is 0. The molecule has 3 saturated heterocycles. The van der Waals surface area contributed by atoms with E-state index in [1.807, 2.05) is 0 Å². The van der Waals surface area contributed by atoms with E-state index in [4.69, 9.17) is 0 Å². The minimum atomic E-state index is 0.813. The van der Waals surface area contributed by atoms with Crippen LogP contribution in [0, 0.1) is 0 Å². The summed E-state index contributed by atoms with van der Waals surface area (Å²) in [4.78, 5) is 2.73. The first kappa shape index (κ1) is 11.4. The van der Waals surface area contributed by atoms with Gasteiger partial charge in [0.15, 0.2) is 0 Å². The average Bonchev–Trinajstić information content (AvgIpc) is 2.74. The summed E-state index contributed by atoms with van der Waals surface area (Å²) < 4.78 is 0. The molecule has 3 rings (SSSR count). The highest BCUT2D eigenvalue weighted by Crippen LogP contribution is 2.28. The monoisotopic (exact) mass is 240 g/mol. The van der Waals surface area contributed by atoms with Crippen molar-refractivity contribution >= 4 is 11.8 Å². The SMILES string of the molecule is C1CCN2CCC(NC3CCSCC3)C2C1. The highest BCUT2D eigenvalue weighted by atomic mass is 32.2. The summed E-state index contributed by atoms with van der Waals surface area (Å²) in [5, 5.41) is 3.96. The Morgan fingerprint density at radius 2 is 1.81 bits per heavy atom. The van der Waals surface area contributed by atoms with Gasteiger partial charge >= 0.3 is 0 Å². The van der Waals surface area contributed by atoms with Gasteiger partial charge in [-0.3, -0.25) is 4.90 Å². The molecule has 0 bridgehead atoms. The van der Waals surface area contributed by atoms with Gasteiger partial charge < -0.3 is 5.32 Å². The fourth-order valence-electron chi connectivity index (χ4n) is 3.61. The molecule has 0 amide bonds. The van der Waals surface area contributed by atoms with Crippen LogP contribution in [0.25, 0.3) is 0 Å². The molecular weight excluding hydrogens is 216 g/mol. The molecule has 3 heteroatoms. The standard InChI is InChI=1S/C13H24N2S/c1-2-7-15-8-4-12(13(15)3-1)14-11-5-9-16-10-6-11/h11-14H,1-10H2. The van der Waals surface area contributed by atoms with Crippen molar-refractivity contribution in [2.24, 2.45) is 0 Å². The van der Waals surface area contributed by atoms with Crippen molar-refractivity contribution in [1.29, 1.82) is 0 Å². The zero-order chi connectivity index (χ0) is 10.8. The fourth-order valence-corrected chi connectivity index (χ4v) is 4.72. The lowest BCUT2D eigenvalue weighted by Crippen LogP contribution is -2.49. The first-order valence-electron chi connectivity index (χ1n) is 7.01. The van der Waals surface area contributed by atoms with Crippen LogP contribution in [0.15, 0.2) is 0 Å². The zero-order valence-electron chi connectivity index (χ0n) is 10.2. The van der Waals surface area contributed by atoms with Crippen LogP contribution in [0.3, 0.4) is 0 Å². The van der Waals surface area contributed by atoms with Crippen molar-refractivity contribution in [2.45, 2.75) is 56.7 Å². The van der Waals surface area contributed by atoms with Gasteiger partial charge in [-0.2, -0.15) is 11.8 Å². The summed E-state index contributed by atoms with van der Waals surface area (Å²) in [5.41, 5.74) is 0. The first-order valence-corrected chi connectivity index (χ1v) is 8.17. The van der Waals surface area contributed by atoms with Crippen LogP contribution in [-0.4, -0.2) is 47.6 Å². The lowest BCUT2D eigenvalue weighted by Gasteiger charge is -2.35. The maximum Gasteiger partial charge on any atom is 0.0249 e. The van der Waals surface area contributed by atoms with E-state index in [0.717, 1.165) is 18.1 Å². The molecule has 92 valence electrons. The number of piperidine rings is 1. The first-order chi connectivity index (χ1) is 7.93. The molecule has 0 aromatic heterocycles. The van der Waals surface area contributed by atoms with Crippen LogP contribution in [0.5, 0.6) is 0 Å². The predicted molar refractivity (Wildman–Crippen MR) is 71.1 cm³/mol. The van der Waals surface area contributed by atoms with Crippen LogP contribution < -0.4 is 5.32 Å². The third-order valence-electron chi connectivity index (χ3n) is 4.53. The third-order valence-corrected chi connectivity index (χ3v) is 5.58. The zero-order valence-corrected chi connectivity index (χ0v) is 11.0. The molecule has 0 spiro atoms. The van der Waals surface area contributed by atoms with Gasteiger partial charge in [-0.25, -0.2) is 0 Å². The minimum Gasteiger partial charge on any atom is -0.310 e. The molecule has 0 radical (unpaired) electrons. The van der Waals surface area contributed by atoms with Crippen LogP contribution in [0.2, 0.25) is 0 Å². The molecule has 0 aromatic rings. The molecule has 2 atom stereocenters. The molecule has 3 aliphatic heterocycles. The number of nitrogens with zero attached hydrogens (tertiary/aromatic N) is 1. The molecule has 0 aliphatic carbocycles. The number of fused-ring (bicyclic) bond motifs is 1. The van der Waals surface area contributed by atoms with Crippen molar-refractivity contribution in [3.05, 3.63) is 0 Å². The van der Waals surface area contributed by atoms with Crippen LogP contribution >= 0.6 is 11.8 Å². The predicted octanol–water partition coefficient (Wildman–Crippen LogP) is 2.10. The molecule has 3 fully saturated rings. The summed E-state index contributed by atoms with van der Waals surface area (Å²) in [5.74, 6) is 2.75. The highest BCUT2D eigenvalue weighted by molar-refractivity contribution is 7.99. The molecule has 3 aliphatic rings. The molecule has 3 heterocycles. The molecule has 2 unspecified atom stereocenters. The van der Waals surface area contributed by atoms with Gasteiger partial charge in [0.25, 0.3) is 0 Å². The average molecular weight is 240 g/mol. The van der Waals surface area contributed by atoms with Crippen molar-refractivity contribution in [3.63, 3.8) is 0 Å². The fraction of sp³-hybridized carbons (Fsp3) is 1.00. The van der Waals surface area contributed by atoms with E-state index in [-0.39, 0.29) is 0 Å². The number of hydrogen-bond acceptors (Lipinski definition) is 3. The van der Waals surface area contributed by atoms with E-state index in [1.54, 1.807) is 0 Å². The summed E-state index contributed by atoms with van der Waals surface area (Å²) >= 11 is 2.13. The van der Waals surface area contributed by atoms with Crippen molar-refractivity contribution < 1.29 is 0 Å². The highest BCUT2D eigenvalue weighted by Gasteiger charge is 2.36. The number of hydrogen-bond donors (Lipinski definition) is 1. The Hall–Kier alpha value is 0.270. The maximum absolute atomic E-state index is 3.96. The Kier molecular flexibility index (Phi) is 3.75.